The van der Waals surface area contributed by atoms with E-state index in [0.717, 1.165) is 16.3 Å². The van der Waals surface area contributed by atoms with Gasteiger partial charge in [-0.25, -0.2) is 4.57 Å². The fourth-order valence-electron chi connectivity index (χ4n) is 2.88. The van der Waals surface area contributed by atoms with E-state index >= 15 is 0 Å². The Morgan fingerprint density at radius 2 is 1.62 bits per heavy atom. The SMILES string of the molecule is CC(Cc1ccc2ccccc2c1)C(=O)OP(=O)(O)Cc1ccccc1. The molecule has 3 aromatic carbocycles. The third-order valence-electron chi connectivity index (χ3n) is 4.22. The van der Waals surface area contributed by atoms with Crippen molar-refractivity contribution in [2.24, 2.45) is 5.92 Å². The number of hydrogen-bond acceptors (Lipinski definition) is 3. The summed E-state index contributed by atoms with van der Waals surface area (Å²) in [5, 5.41) is 2.23. The maximum atomic E-state index is 12.3. The number of carbonyl (C=O) groups is 1. The smallest absolute Gasteiger partial charge is 0.383 e. The van der Waals surface area contributed by atoms with Gasteiger partial charge in [-0.05, 0) is 28.3 Å². The Labute approximate surface area is 153 Å². The van der Waals surface area contributed by atoms with E-state index in [0.29, 0.717) is 12.0 Å². The Morgan fingerprint density at radius 3 is 2.35 bits per heavy atom. The molecule has 26 heavy (non-hydrogen) atoms. The van der Waals surface area contributed by atoms with E-state index in [1.54, 1.807) is 31.2 Å². The van der Waals surface area contributed by atoms with Gasteiger partial charge in [0.15, 0.2) is 0 Å². The number of benzene rings is 3. The van der Waals surface area contributed by atoms with Gasteiger partial charge in [-0.15, -0.1) is 0 Å². The van der Waals surface area contributed by atoms with Gasteiger partial charge in [-0.2, -0.15) is 0 Å². The van der Waals surface area contributed by atoms with Crippen LogP contribution in [0, 0.1) is 5.92 Å². The highest BCUT2D eigenvalue weighted by molar-refractivity contribution is 7.52. The fraction of sp³-hybridized carbons (Fsp3) is 0.190. The molecule has 0 aliphatic heterocycles. The summed E-state index contributed by atoms with van der Waals surface area (Å²) in [5.41, 5.74) is 1.65. The lowest BCUT2D eigenvalue weighted by Gasteiger charge is -2.16. The summed E-state index contributed by atoms with van der Waals surface area (Å²) in [6, 6.07) is 22.8. The van der Waals surface area contributed by atoms with Gasteiger partial charge in [-0.1, -0.05) is 79.7 Å². The van der Waals surface area contributed by atoms with Crippen LogP contribution in [0.2, 0.25) is 0 Å². The first-order chi connectivity index (χ1) is 12.4. The van der Waals surface area contributed by atoms with E-state index in [2.05, 4.69) is 0 Å². The fourth-order valence-corrected chi connectivity index (χ4v) is 4.08. The molecule has 3 aromatic rings. The molecule has 2 atom stereocenters. The maximum Gasteiger partial charge on any atom is 0.383 e. The van der Waals surface area contributed by atoms with E-state index in [-0.39, 0.29) is 6.16 Å². The molecule has 3 rings (SSSR count). The Kier molecular flexibility index (Phi) is 5.55. The number of rotatable bonds is 6. The molecule has 0 spiro atoms. The predicted octanol–water partition coefficient (Wildman–Crippen LogP) is 4.95. The predicted molar refractivity (Wildman–Crippen MR) is 103 cm³/mol. The van der Waals surface area contributed by atoms with Crippen LogP contribution >= 0.6 is 7.60 Å². The molecular formula is C21H21O4P. The molecule has 5 heteroatoms. The van der Waals surface area contributed by atoms with Gasteiger partial charge in [0.05, 0.1) is 12.1 Å². The summed E-state index contributed by atoms with van der Waals surface area (Å²) in [6.45, 7) is 1.71. The van der Waals surface area contributed by atoms with Gasteiger partial charge in [0.25, 0.3) is 0 Å². The van der Waals surface area contributed by atoms with Crippen molar-refractivity contribution in [2.45, 2.75) is 19.5 Å². The Bertz CT molecular complexity index is 952. The van der Waals surface area contributed by atoms with Gasteiger partial charge >= 0.3 is 13.6 Å². The second-order valence-electron chi connectivity index (χ2n) is 6.48. The van der Waals surface area contributed by atoms with E-state index in [1.807, 2.05) is 48.5 Å². The van der Waals surface area contributed by atoms with E-state index in [1.165, 1.54) is 0 Å². The van der Waals surface area contributed by atoms with Crippen molar-refractivity contribution in [1.29, 1.82) is 0 Å². The van der Waals surface area contributed by atoms with Gasteiger partial charge in [0.1, 0.15) is 0 Å². The first-order valence-electron chi connectivity index (χ1n) is 8.50. The summed E-state index contributed by atoms with van der Waals surface area (Å²) in [7, 11) is -4.02. The molecule has 0 bridgehead atoms. The zero-order chi connectivity index (χ0) is 18.6. The van der Waals surface area contributed by atoms with Crippen molar-refractivity contribution < 1.29 is 18.8 Å². The molecule has 0 saturated heterocycles. The molecule has 0 aliphatic carbocycles. The first-order valence-corrected chi connectivity index (χ1v) is 10.3. The lowest BCUT2D eigenvalue weighted by molar-refractivity contribution is -0.138. The molecule has 2 unspecified atom stereocenters. The summed E-state index contributed by atoms with van der Waals surface area (Å²) in [5.74, 6) is -1.16. The van der Waals surface area contributed by atoms with Gasteiger partial charge < -0.3 is 9.42 Å². The van der Waals surface area contributed by atoms with E-state index < -0.39 is 19.5 Å². The summed E-state index contributed by atoms with van der Waals surface area (Å²) >= 11 is 0. The standard InChI is InChI=1S/C21H21O4P/c1-16(13-18-11-12-19-9-5-6-10-20(19)14-18)21(22)25-26(23,24)15-17-7-3-2-4-8-17/h2-12,14,16H,13,15H2,1H3,(H,23,24). The number of fused-ring (bicyclic) bond motifs is 1. The van der Waals surface area contributed by atoms with Crippen LogP contribution in [0.5, 0.6) is 0 Å². The minimum Gasteiger partial charge on any atom is -0.391 e. The van der Waals surface area contributed by atoms with Crippen molar-refractivity contribution in [2.75, 3.05) is 0 Å². The lowest BCUT2D eigenvalue weighted by atomic mass is 9.99. The lowest BCUT2D eigenvalue weighted by Crippen LogP contribution is -2.16. The molecule has 0 heterocycles. The first kappa shape index (κ1) is 18.4. The largest absolute Gasteiger partial charge is 0.391 e. The summed E-state index contributed by atoms with van der Waals surface area (Å²) in [6.07, 6.45) is 0.275. The quantitative estimate of drug-likeness (QED) is 0.626. The zero-order valence-corrected chi connectivity index (χ0v) is 15.4. The Hall–Kier alpha value is -2.42. The van der Waals surface area contributed by atoms with E-state index in [4.69, 9.17) is 4.52 Å². The van der Waals surface area contributed by atoms with Crippen LogP contribution in [0.25, 0.3) is 10.8 Å². The second kappa shape index (κ2) is 7.86. The molecule has 0 radical (unpaired) electrons. The molecule has 0 aromatic heterocycles. The van der Waals surface area contributed by atoms with Crippen molar-refractivity contribution in [1.82, 2.24) is 0 Å². The van der Waals surface area contributed by atoms with E-state index in [9.17, 15) is 14.3 Å². The van der Waals surface area contributed by atoms with Crippen molar-refractivity contribution in [3.8, 4) is 0 Å². The van der Waals surface area contributed by atoms with Crippen molar-refractivity contribution in [3.05, 3.63) is 83.9 Å². The van der Waals surface area contributed by atoms with Gasteiger partial charge in [-0.3, -0.25) is 4.79 Å². The van der Waals surface area contributed by atoms with Crippen LogP contribution in [0.4, 0.5) is 0 Å². The monoisotopic (exact) mass is 368 g/mol. The van der Waals surface area contributed by atoms with Crippen molar-refractivity contribution >= 4 is 24.3 Å². The minimum atomic E-state index is -4.02. The van der Waals surface area contributed by atoms with Crippen LogP contribution in [-0.4, -0.2) is 10.9 Å². The van der Waals surface area contributed by atoms with Crippen LogP contribution < -0.4 is 0 Å². The molecule has 4 nitrogen and oxygen atoms in total. The maximum absolute atomic E-state index is 12.3. The van der Waals surface area contributed by atoms with Crippen molar-refractivity contribution in [3.63, 3.8) is 0 Å². The average Bonchev–Trinajstić information content (AvgIpc) is 2.61. The third kappa shape index (κ3) is 4.81. The second-order valence-corrected chi connectivity index (χ2v) is 8.25. The number of hydrogen-bond donors (Lipinski definition) is 1. The van der Waals surface area contributed by atoms with Gasteiger partial charge in [0.2, 0.25) is 0 Å². The van der Waals surface area contributed by atoms with Crippen LogP contribution in [-0.2, 0) is 26.5 Å². The molecule has 0 saturated carbocycles. The molecule has 134 valence electrons. The van der Waals surface area contributed by atoms with Gasteiger partial charge in [0, 0.05) is 0 Å². The summed E-state index contributed by atoms with van der Waals surface area (Å²) < 4.78 is 17.2. The third-order valence-corrected chi connectivity index (χ3v) is 5.45. The molecular weight excluding hydrogens is 347 g/mol. The highest BCUT2D eigenvalue weighted by atomic mass is 31.2. The van der Waals surface area contributed by atoms with Crippen LogP contribution in [0.3, 0.4) is 0 Å². The summed E-state index contributed by atoms with van der Waals surface area (Å²) in [4.78, 5) is 22.3. The average molecular weight is 368 g/mol. The topological polar surface area (TPSA) is 63.6 Å². The molecule has 0 fully saturated rings. The molecule has 0 aliphatic rings. The zero-order valence-electron chi connectivity index (χ0n) is 14.5. The molecule has 0 amide bonds. The van der Waals surface area contributed by atoms with Crippen LogP contribution in [0.15, 0.2) is 72.8 Å². The number of carbonyl (C=O) groups excluding carboxylic acids is 1. The highest BCUT2D eigenvalue weighted by Crippen LogP contribution is 2.46. The highest BCUT2D eigenvalue weighted by Gasteiger charge is 2.27. The van der Waals surface area contributed by atoms with Crippen LogP contribution in [0.1, 0.15) is 18.1 Å². The molecule has 1 N–H and O–H groups in total. The Balaban J connectivity index is 1.64. The minimum absolute atomic E-state index is 0.178. The Morgan fingerprint density at radius 1 is 0.962 bits per heavy atom. The normalized spacial score (nSPS) is 14.5.